The maximum atomic E-state index is 6.36. The molecule has 1 saturated carbocycles. The van der Waals surface area contributed by atoms with Crippen LogP contribution in [-0.2, 0) is 5.54 Å². The molecule has 0 bridgehead atoms. The standard InChI is InChI=1S/C13H19NO/c1-2-15-12-7-5-11(6-8-12)13(14)9-3-4-10-13/h5-8H,2-4,9-10,14H2,1H3. The highest BCUT2D eigenvalue weighted by atomic mass is 16.5. The zero-order chi connectivity index (χ0) is 10.7. The highest BCUT2D eigenvalue weighted by molar-refractivity contribution is 5.32. The van der Waals surface area contributed by atoms with Crippen LogP contribution in [-0.4, -0.2) is 6.61 Å². The highest BCUT2D eigenvalue weighted by Crippen LogP contribution is 2.36. The van der Waals surface area contributed by atoms with E-state index in [9.17, 15) is 0 Å². The molecule has 0 aromatic heterocycles. The van der Waals surface area contributed by atoms with E-state index in [0.29, 0.717) is 6.61 Å². The van der Waals surface area contributed by atoms with Crippen LogP contribution in [0, 0.1) is 0 Å². The lowest BCUT2D eigenvalue weighted by molar-refractivity contribution is 0.339. The fourth-order valence-corrected chi connectivity index (χ4v) is 2.34. The van der Waals surface area contributed by atoms with E-state index in [-0.39, 0.29) is 5.54 Å². The van der Waals surface area contributed by atoms with Gasteiger partial charge in [0.05, 0.1) is 6.61 Å². The molecule has 0 aliphatic heterocycles. The Balaban J connectivity index is 2.15. The van der Waals surface area contributed by atoms with Gasteiger partial charge in [-0.1, -0.05) is 25.0 Å². The lowest BCUT2D eigenvalue weighted by Crippen LogP contribution is -2.32. The molecule has 0 spiro atoms. The zero-order valence-corrected chi connectivity index (χ0v) is 9.33. The van der Waals surface area contributed by atoms with Crippen LogP contribution < -0.4 is 10.5 Å². The molecule has 15 heavy (non-hydrogen) atoms. The molecule has 1 aromatic carbocycles. The van der Waals surface area contributed by atoms with Crippen LogP contribution in [0.4, 0.5) is 0 Å². The van der Waals surface area contributed by atoms with Gasteiger partial charge < -0.3 is 10.5 Å². The average molecular weight is 205 g/mol. The molecule has 0 atom stereocenters. The third kappa shape index (κ3) is 2.15. The number of ether oxygens (including phenoxy) is 1. The van der Waals surface area contributed by atoms with Crippen molar-refractivity contribution in [3.05, 3.63) is 29.8 Å². The minimum atomic E-state index is -0.0786. The number of hydrogen-bond acceptors (Lipinski definition) is 2. The van der Waals surface area contributed by atoms with Crippen molar-refractivity contribution < 1.29 is 4.74 Å². The van der Waals surface area contributed by atoms with Gasteiger partial charge in [-0.3, -0.25) is 0 Å². The topological polar surface area (TPSA) is 35.2 Å². The molecule has 0 unspecified atom stereocenters. The highest BCUT2D eigenvalue weighted by Gasteiger charge is 2.30. The quantitative estimate of drug-likeness (QED) is 0.823. The monoisotopic (exact) mass is 205 g/mol. The molecular weight excluding hydrogens is 186 g/mol. The second-order valence-electron chi connectivity index (χ2n) is 4.32. The van der Waals surface area contributed by atoms with E-state index in [4.69, 9.17) is 10.5 Å². The fraction of sp³-hybridized carbons (Fsp3) is 0.538. The molecule has 82 valence electrons. The molecule has 2 nitrogen and oxygen atoms in total. The smallest absolute Gasteiger partial charge is 0.119 e. The molecular formula is C13H19NO. The molecule has 0 amide bonds. The summed E-state index contributed by atoms with van der Waals surface area (Å²) >= 11 is 0. The van der Waals surface area contributed by atoms with Gasteiger partial charge in [0.25, 0.3) is 0 Å². The second kappa shape index (κ2) is 4.23. The average Bonchev–Trinajstić information content (AvgIpc) is 2.68. The van der Waals surface area contributed by atoms with Crippen molar-refractivity contribution in [3.8, 4) is 5.75 Å². The molecule has 2 N–H and O–H groups in total. The Morgan fingerprint density at radius 3 is 2.33 bits per heavy atom. The molecule has 1 aliphatic carbocycles. The van der Waals surface area contributed by atoms with Gasteiger partial charge in [0.15, 0.2) is 0 Å². The number of benzene rings is 1. The van der Waals surface area contributed by atoms with Crippen LogP contribution in [0.3, 0.4) is 0 Å². The zero-order valence-electron chi connectivity index (χ0n) is 9.33. The van der Waals surface area contributed by atoms with Crippen molar-refractivity contribution in [3.63, 3.8) is 0 Å². The van der Waals surface area contributed by atoms with E-state index in [2.05, 4.69) is 12.1 Å². The van der Waals surface area contributed by atoms with Crippen LogP contribution in [0.2, 0.25) is 0 Å². The van der Waals surface area contributed by atoms with Gasteiger partial charge in [0.1, 0.15) is 5.75 Å². The Labute approximate surface area is 91.4 Å². The summed E-state index contributed by atoms with van der Waals surface area (Å²) in [5.74, 6) is 0.933. The summed E-state index contributed by atoms with van der Waals surface area (Å²) in [5, 5.41) is 0. The normalized spacial score (nSPS) is 19.1. The van der Waals surface area contributed by atoms with Gasteiger partial charge in [-0.25, -0.2) is 0 Å². The number of rotatable bonds is 3. The van der Waals surface area contributed by atoms with E-state index in [0.717, 1.165) is 18.6 Å². The van der Waals surface area contributed by atoms with Gasteiger partial charge >= 0.3 is 0 Å². The van der Waals surface area contributed by atoms with E-state index in [1.54, 1.807) is 0 Å². The predicted molar refractivity (Wildman–Crippen MR) is 61.9 cm³/mol. The molecule has 0 radical (unpaired) electrons. The molecule has 1 fully saturated rings. The minimum Gasteiger partial charge on any atom is -0.494 e. The van der Waals surface area contributed by atoms with Crippen molar-refractivity contribution in [2.24, 2.45) is 5.73 Å². The van der Waals surface area contributed by atoms with Crippen molar-refractivity contribution in [1.82, 2.24) is 0 Å². The maximum absolute atomic E-state index is 6.36. The predicted octanol–water partition coefficient (Wildman–Crippen LogP) is 2.81. The van der Waals surface area contributed by atoms with Gasteiger partial charge in [-0.15, -0.1) is 0 Å². The van der Waals surface area contributed by atoms with Crippen LogP contribution in [0.1, 0.15) is 38.2 Å². The summed E-state index contributed by atoms with van der Waals surface area (Å²) in [5.41, 5.74) is 7.54. The summed E-state index contributed by atoms with van der Waals surface area (Å²) in [6, 6.07) is 8.25. The minimum absolute atomic E-state index is 0.0786. The third-order valence-corrected chi connectivity index (χ3v) is 3.24. The first kappa shape index (κ1) is 10.5. The van der Waals surface area contributed by atoms with E-state index in [1.807, 2.05) is 19.1 Å². The lowest BCUT2D eigenvalue weighted by atomic mass is 9.89. The van der Waals surface area contributed by atoms with Crippen LogP contribution >= 0.6 is 0 Å². The van der Waals surface area contributed by atoms with E-state index in [1.165, 1.54) is 18.4 Å². The largest absolute Gasteiger partial charge is 0.494 e. The Bertz CT molecular complexity index is 312. The van der Waals surface area contributed by atoms with Crippen LogP contribution in [0.25, 0.3) is 0 Å². The number of nitrogens with two attached hydrogens (primary N) is 1. The van der Waals surface area contributed by atoms with Gasteiger partial charge in [0, 0.05) is 5.54 Å². The summed E-state index contributed by atoms with van der Waals surface area (Å²) < 4.78 is 5.42. The molecule has 2 heteroatoms. The second-order valence-corrected chi connectivity index (χ2v) is 4.32. The Morgan fingerprint density at radius 2 is 1.80 bits per heavy atom. The van der Waals surface area contributed by atoms with Crippen molar-refractivity contribution in [2.45, 2.75) is 38.1 Å². The van der Waals surface area contributed by atoms with Gasteiger partial charge in [0.2, 0.25) is 0 Å². The van der Waals surface area contributed by atoms with Crippen LogP contribution in [0.5, 0.6) is 5.75 Å². The maximum Gasteiger partial charge on any atom is 0.119 e. The van der Waals surface area contributed by atoms with Gasteiger partial charge in [-0.05, 0) is 37.5 Å². The summed E-state index contributed by atoms with van der Waals surface area (Å²) in [7, 11) is 0. The number of hydrogen-bond donors (Lipinski definition) is 1. The van der Waals surface area contributed by atoms with Crippen molar-refractivity contribution in [2.75, 3.05) is 6.61 Å². The molecule has 0 saturated heterocycles. The summed E-state index contributed by atoms with van der Waals surface area (Å²) in [6.07, 6.45) is 4.73. The van der Waals surface area contributed by atoms with Crippen molar-refractivity contribution >= 4 is 0 Å². The molecule has 0 heterocycles. The van der Waals surface area contributed by atoms with Gasteiger partial charge in [-0.2, -0.15) is 0 Å². The van der Waals surface area contributed by atoms with E-state index >= 15 is 0 Å². The first-order valence-electron chi connectivity index (χ1n) is 5.77. The Kier molecular flexibility index (Phi) is 2.96. The third-order valence-electron chi connectivity index (χ3n) is 3.24. The Morgan fingerprint density at radius 1 is 1.20 bits per heavy atom. The Hall–Kier alpha value is -1.02. The molecule has 1 aromatic rings. The first-order chi connectivity index (χ1) is 7.24. The summed E-state index contributed by atoms with van der Waals surface area (Å²) in [6.45, 7) is 2.71. The first-order valence-corrected chi connectivity index (χ1v) is 5.77. The van der Waals surface area contributed by atoms with Crippen molar-refractivity contribution in [1.29, 1.82) is 0 Å². The SMILES string of the molecule is CCOc1ccc(C2(N)CCCC2)cc1. The fourth-order valence-electron chi connectivity index (χ4n) is 2.34. The van der Waals surface area contributed by atoms with Crippen LogP contribution in [0.15, 0.2) is 24.3 Å². The molecule has 1 aliphatic rings. The summed E-state index contributed by atoms with van der Waals surface area (Å²) in [4.78, 5) is 0. The van der Waals surface area contributed by atoms with E-state index < -0.39 is 0 Å². The molecule has 2 rings (SSSR count). The lowest BCUT2D eigenvalue weighted by Gasteiger charge is -2.24.